The molecule has 0 aliphatic rings. The van der Waals surface area contributed by atoms with Crippen molar-refractivity contribution >= 4 is 17.7 Å². The van der Waals surface area contributed by atoms with Gasteiger partial charge in [0.25, 0.3) is 0 Å². The summed E-state index contributed by atoms with van der Waals surface area (Å²) in [5.41, 5.74) is 0. The Morgan fingerprint density at radius 2 is 1.24 bits per heavy atom. The van der Waals surface area contributed by atoms with Crippen LogP contribution in [0.15, 0.2) is 0 Å². The first-order valence-corrected chi connectivity index (χ1v) is 9.58. The van der Waals surface area contributed by atoms with Crippen LogP contribution in [-0.2, 0) is 14.4 Å². The molecule has 6 heteroatoms. The molecule has 0 saturated carbocycles. The van der Waals surface area contributed by atoms with E-state index in [1.165, 1.54) is 19.3 Å². The van der Waals surface area contributed by atoms with Gasteiger partial charge in [0.05, 0.1) is 6.54 Å². The van der Waals surface area contributed by atoms with E-state index in [1.54, 1.807) is 13.8 Å². The third kappa shape index (κ3) is 18.6. The van der Waals surface area contributed by atoms with Gasteiger partial charge >= 0.3 is 0 Å². The first-order valence-electron chi connectivity index (χ1n) is 9.58. The summed E-state index contributed by atoms with van der Waals surface area (Å²) >= 11 is 0. The third-order valence-electron chi connectivity index (χ3n) is 3.37. The molecule has 0 fully saturated rings. The van der Waals surface area contributed by atoms with Crippen molar-refractivity contribution in [3.63, 3.8) is 0 Å². The molecule has 0 aliphatic carbocycles. The van der Waals surface area contributed by atoms with E-state index in [0.717, 1.165) is 19.4 Å². The minimum Gasteiger partial charge on any atom is -0.356 e. The van der Waals surface area contributed by atoms with Gasteiger partial charge in [0.15, 0.2) is 0 Å². The van der Waals surface area contributed by atoms with Crippen molar-refractivity contribution in [1.82, 2.24) is 16.0 Å². The molecule has 0 atom stereocenters. The molecule has 0 bridgehead atoms. The van der Waals surface area contributed by atoms with E-state index in [4.69, 9.17) is 0 Å². The first kappa shape index (κ1) is 25.6. The molecule has 0 aliphatic heterocycles. The lowest BCUT2D eigenvalue weighted by Gasteiger charge is -2.07. The molecule has 0 spiro atoms. The van der Waals surface area contributed by atoms with Gasteiger partial charge in [-0.25, -0.2) is 0 Å². The number of nitrogens with one attached hydrogen (secondary N) is 3. The molecule has 0 saturated heterocycles. The number of carbonyl (C=O) groups is 3. The van der Waals surface area contributed by atoms with Crippen LogP contribution in [0.5, 0.6) is 0 Å². The zero-order chi connectivity index (χ0) is 19.7. The number of hydrogen-bond acceptors (Lipinski definition) is 3. The summed E-state index contributed by atoms with van der Waals surface area (Å²) in [4.78, 5) is 33.1. The van der Waals surface area contributed by atoms with E-state index >= 15 is 0 Å². The maximum Gasteiger partial charge on any atom is 0.239 e. The molecule has 0 rings (SSSR count). The molecule has 0 aromatic heterocycles. The fourth-order valence-electron chi connectivity index (χ4n) is 1.67. The van der Waals surface area contributed by atoms with E-state index in [9.17, 15) is 14.4 Å². The smallest absolute Gasteiger partial charge is 0.239 e. The maximum atomic E-state index is 11.1. The first-order chi connectivity index (χ1) is 11.8. The van der Waals surface area contributed by atoms with Gasteiger partial charge in [0, 0.05) is 24.9 Å². The van der Waals surface area contributed by atoms with Gasteiger partial charge in [-0.1, -0.05) is 60.8 Å². The number of amides is 3. The molecule has 3 amide bonds. The van der Waals surface area contributed by atoms with Crippen molar-refractivity contribution in [3.05, 3.63) is 0 Å². The predicted molar refractivity (Wildman–Crippen MR) is 103 cm³/mol. The lowest BCUT2D eigenvalue weighted by molar-refractivity contribution is -0.127. The van der Waals surface area contributed by atoms with Crippen LogP contribution in [-0.4, -0.2) is 37.4 Å². The summed E-state index contributed by atoms with van der Waals surface area (Å²) in [5, 5.41) is 8.11. The summed E-state index contributed by atoms with van der Waals surface area (Å²) in [5.74, 6) is 0.00384. The molecule has 0 unspecified atom stereocenters. The molecule has 25 heavy (non-hydrogen) atoms. The van der Waals surface area contributed by atoms with Crippen LogP contribution in [0, 0.1) is 11.8 Å². The molecule has 6 nitrogen and oxygen atoms in total. The second-order valence-electron chi connectivity index (χ2n) is 6.73. The molecule has 0 heterocycles. The van der Waals surface area contributed by atoms with Gasteiger partial charge in [-0.05, 0) is 12.8 Å². The minimum absolute atomic E-state index is 0.0704. The summed E-state index contributed by atoms with van der Waals surface area (Å²) in [7, 11) is 0. The van der Waals surface area contributed by atoms with E-state index in [2.05, 4.69) is 22.9 Å². The average Bonchev–Trinajstić information content (AvgIpc) is 2.57. The normalized spacial score (nSPS) is 10.1. The van der Waals surface area contributed by atoms with Crippen molar-refractivity contribution in [2.75, 3.05) is 19.6 Å². The van der Waals surface area contributed by atoms with Crippen molar-refractivity contribution in [1.29, 1.82) is 0 Å². The zero-order valence-electron chi connectivity index (χ0n) is 17.0. The molecule has 148 valence electrons. The molecular weight excluding hydrogens is 318 g/mol. The Morgan fingerprint density at radius 1 is 0.680 bits per heavy atom. The number of unbranched alkanes of at least 4 members (excludes halogenated alkanes) is 3. The Labute approximate surface area is 153 Å². The SMILES string of the molecule is CCCCCCNC(=O)C(C)C.CCCNC(=O)CNC(=O)C(C)C. The summed E-state index contributed by atoms with van der Waals surface area (Å²) < 4.78 is 0. The molecule has 0 aromatic rings. The topological polar surface area (TPSA) is 87.3 Å². The van der Waals surface area contributed by atoms with Gasteiger partial charge in [0.1, 0.15) is 0 Å². The second kappa shape index (κ2) is 17.2. The Balaban J connectivity index is 0. The van der Waals surface area contributed by atoms with Crippen LogP contribution < -0.4 is 16.0 Å². The van der Waals surface area contributed by atoms with Crippen LogP contribution in [0.2, 0.25) is 0 Å². The Hall–Kier alpha value is -1.59. The second-order valence-corrected chi connectivity index (χ2v) is 6.73. The molecular formula is C19H39N3O3. The highest BCUT2D eigenvalue weighted by Gasteiger charge is 2.07. The number of hydrogen-bond donors (Lipinski definition) is 3. The van der Waals surface area contributed by atoms with Gasteiger partial charge in [0.2, 0.25) is 17.7 Å². The molecule has 0 aromatic carbocycles. The fourth-order valence-corrected chi connectivity index (χ4v) is 1.67. The van der Waals surface area contributed by atoms with Crippen molar-refractivity contribution < 1.29 is 14.4 Å². The fraction of sp³-hybridized carbons (Fsp3) is 0.842. The average molecular weight is 358 g/mol. The van der Waals surface area contributed by atoms with Crippen LogP contribution in [0.4, 0.5) is 0 Å². The largest absolute Gasteiger partial charge is 0.356 e. The Kier molecular flexibility index (Phi) is 17.7. The van der Waals surface area contributed by atoms with Crippen LogP contribution >= 0.6 is 0 Å². The predicted octanol–water partition coefficient (Wildman–Crippen LogP) is 2.62. The van der Waals surface area contributed by atoms with E-state index in [0.29, 0.717) is 6.54 Å². The summed E-state index contributed by atoms with van der Waals surface area (Å²) in [6.07, 6.45) is 5.78. The Bertz CT molecular complexity index is 369. The number of rotatable bonds is 11. The molecule has 0 radical (unpaired) electrons. The van der Waals surface area contributed by atoms with Gasteiger partial charge in [-0.15, -0.1) is 0 Å². The van der Waals surface area contributed by atoms with E-state index in [-0.39, 0.29) is 36.1 Å². The van der Waals surface area contributed by atoms with Crippen molar-refractivity contribution in [3.8, 4) is 0 Å². The Morgan fingerprint density at radius 3 is 1.72 bits per heavy atom. The lowest BCUT2D eigenvalue weighted by Crippen LogP contribution is -2.38. The summed E-state index contributed by atoms with van der Waals surface area (Å²) in [6.45, 7) is 13.2. The van der Waals surface area contributed by atoms with Gasteiger partial charge < -0.3 is 16.0 Å². The monoisotopic (exact) mass is 357 g/mol. The number of carbonyl (C=O) groups excluding carboxylic acids is 3. The lowest BCUT2D eigenvalue weighted by atomic mass is 10.2. The van der Waals surface area contributed by atoms with E-state index in [1.807, 2.05) is 20.8 Å². The van der Waals surface area contributed by atoms with Crippen molar-refractivity contribution in [2.24, 2.45) is 11.8 Å². The standard InChI is InChI=1S/C10H21NO.C9H18N2O2/c1-4-5-6-7-8-11-10(12)9(2)3;1-4-5-10-8(12)6-11-9(13)7(2)3/h9H,4-8H2,1-3H3,(H,11,12);7H,4-6H2,1-3H3,(H,10,12)(H,11,13). The molecule has 3 N–H and O–H groups in total. The highest BCUT2D eigenvalue weighted by atomic mass is 16.2. The highest BCUT2D eigenvalue weighted by molar-refractivity contribution is 5.85. The third-order valence-corrected chi connectivity index (χ3v) is 3.37. The summed E-state index contributed by atoms with van der Waals surface area (Å²) in [6, 6.07) is 0. The van der Waals surface area contributed by atoms with Gasteiger partial charge in [-0.3, -0.25) is 14.4 Å². The van der Waals surface area contributed by atoms with E-state index < -0.39 is 0 Å². The highest BCUT2D eigenvalue weighted by Crippen LogP contribution is 1.98. The van der Waals surface area contributed by atoms with Crippen LogP contribution in [0.25, 0.3) is 0 Å². The van der Waals surface area contributed by atoms with Crippen molar-refractivity contribution in [2.45, 2.75) is 73.6 Å². The van der Waals surface area contributed by atoms with Crippen LogP contribution in [0.3, 0.4) is 0 Å². The van der Waals surface area contributed by atoms with Gasteiger partial charge in [-0.2, -0.15) is 0 Å². The van der Waals surface area contributed by atoms with Crippen LogP contribution in [0.1, 0.15) is 73.6 Å². The minimum atomic E-state index is -0.129. The maximum absolute atomic E-state index is 11.1. The zero-order valence-corrected chi connectivity index (χ0v) is 17.0. The quantitative estimate of drug-likeness (QED) is 0.497.